The molecule has 6 heteroatoms. The van der Waals surface area contributed by atoms with Crippen LogP contribution in [-0.4, -0.2) is 15.7 Å². The van der Waals surface area contributed by atoms with Crippen molar-refractivity contribution in [1.29, 1.82) is 5.26 Å². The van der Waals surface area contributed by atoms with Crippen LogP contribution in [0, 0.1) is 11.3 Å². The Balaban J connectivity index is 1.76. The normalized spacial score (nSPS) is 15.6. The zero-order valence-corrected chi connectivity index (χ0v) is 13.6. The number of nitriles is 1. The number of benzene rings is 1. The number of fused-ring (bicyclic) bond motifs is 2. The topological polar surface area (TPSA) is 87.9 Å². The van der Waals surface area contributed by atoms with Gasteiger partial charge in [0.2, 0.25) is 0 Å². The van der Waals surface area contributed by atoms with Crippen LogP contribution in [0.1, 0.15) is 23.6 Å². The number of pyridine rings is 2. The predicted molar refractivity (Wildman–Crippen MR) is 92.9 cm³/mol. The van der Waals surface area contributed by atoms with Crippen LogP contribution in [0.2, 0.25) is 0 Å². The fourth-order valence-corrected chi connectivity index (χ4v) is 3.22. The van der Waals surface area contributed by atoms with E-state index in [1.54, 1.807) is 16.8 Å². The second kappa shape index (κ2) is 5.64. The molecule has 1 N–H and O–H groups in total. The van der Waals surface area contributed by atoms with E-state index < -0.39 is 5.56 Å². The lowest BCUT2D eigenvalue weighted by molar-refractivity contribution is 0.254. The Kier molecular flexibility index (Phi) is 3.43. The lowest BCUT2D eigenvalue weighted by Gasteiger charge is -2.09. The third-order valence-corrected chi connectivity index (χ3v) is 4.42. The average molecular weight is 333 g/mol. The molecule has 0 radical (unpaired) electrons. The van der Waals surface area contributed by atoms with Crippen molar-refractivity contribution >= 4 is 10.9 Å². The summed E-state index contributed by atoms with van der Waals surface area (Å²) in [7, 11) is 0. The van der Waals surface area contributed by atoms with Gasteiger partial charge in [-0.15, -0.1) is 0 Å². The quantitative estimate of drug-likeness (QED) is 0.776. The molecule has 3 heterocycles. The molecule has 0 spiro atoms. The third kappa shape index (κ3) is 2.60. The van der Waals surface area contributed by atoms with Gasteiger partial charge in [-0.05, 0) is 36.2 Å². The maximum absolute atomic E-state index is 12.7. The molecular weight excluding hydrogens is 318 g/mol. The monoisotopic (exact) mass is 333 g/mol. The number of aromatic nitrogens is 2. The largest absolute Gasteiger partial charge is 0.490 e. The van der Waals surface area contributed by atoms with Crippen LogP contribution in [0.25, 0.3) is 10.9 Å². The Morgan fingerprint density at radius 3 is 2.96 bits per heavy atom. The molecule has 0 aliphatic carbocycles. The van der Waals surface area contributed by atoms with E-state index in [1.807, 2.05) is 25.1 Å². The molecule has 3 aromatic rings. The van der Waals surface area contributed by atoms with Crippen molar-refractivity contribution in [3.05, 3.63) is 73.9 Å². The maximum Gasteiger partial charge on any atom is 0.266 e. The molecule has 0 saturated carbocycles. The summed E-state index contributed by atoms with van der Waals surface area (Å²) in [6.07, 6.45) is 2.69. The average Bonchev–Trinajstić information content (AvgIpc) is 2.96. The molecule has 6 nitrogen and oxygen atoms in total. The first kappa shape index (κ1) is 15.2. The van der Waals surface area contributed by atoms with Gasteiger partial charge >= 0.3 is 0 Å². The number of aromatic amines is 1. The van der Waals surface area contributed by atoms with E-state index in [0.717, 1.165) is 23.3 Å². The highest BCUT2D eigenvalue weighted by Gasteiger charge is 2.19. The fourth-order valence-electron chi connectivity index (χ4n) is 3.22. The molecule has 0 bridgehead atoms. The zero-order valence-electron chi connectivity index (χ0n) is 13.6. The molecule has 25 heavy (non-hydrogen) atoms. The lowest BCUT2D eigenvalue weighted by atomic mass is 10.1. The first-order valence-corrected chi connectivity index (χ1v) is 8.00. The summed E-state index contributed by atoms with van der Waals surface area (Å²) in [5, 5.41) is 9.32. The molecule has 0 amide bonds. The third-order valence-electron chi connectivity index (χ3n) is 4.42. The second-order valence-electron chi connectivity index (χ2n) is 6.27. The van der Waals surface area contributed by atoms with Crippen molar-refractivity contribution in [2.24, 2.45) is 0 Å². The summed E-state index contributed by atoms with van der Waals surface area (Å²) in [5.41, 5.74) is 1.79. The van der Waals surface area contributed by atoms with E-state index in [0.29, 0.717) is 17.4 Å². The first-order chi connectivity index (χ1) is 12.0. The Hall–Kier alpha value is -3.33. The fraction of sp³-hybridized carbons (Fsp3) is 0.211. The van der Waals surface area contributed by atoms with Gasteiger partial charge in [0.1, 0.15) is 23.5 Å². The van der Waals surface area contributed by atoms with Crippen LogP contribution in [0.15, 0.2) is 46.1 Å². The number of ether oxygens (including phenoxy) is 1. The highest BCUT2D eigenvalue weighted by Crippen LogP contribution is 2.29. The Bertz CT molecular complexity index is 1150. The molecule has 0 saturated heterocycles. The van der Waals surface area contributed by atoms with Gasteiger partial charge in [0.05, 0.1) is 17.4 Å². The van der Waals surface area contributed by atoms with E-state index in [9.17, 15) is 9.59 Å². The van der Waals surface area contributed by atoms with Crippen LogP contribution in [0.3, 0.4) is 0 Å². The number of hydrogen-bond donors (Lipinski definition) is 1. The zero-order chi connectivity index (χ0) is 17.6. The summed E-state index contributed by atoms with van der Waals surface area (Å²) in [4.78, 5) is 27.0. The lowest BCUT2D eigenvalue weighted by Crippen LogP contribution is -2.22. The number of rotatable bonds is 2. The van der Waals surface area contributed by atoms with Gasteiger partial charge in [0.25, 0.3) is 11.1 Å². The Labute approximate surface area is 142 Å². The summed E-state index contributed by atoms with van der Waals surface area (Å²) >= 11 is 0. The summed E-state index contributed by atoms with van der Waals surface area (Å²) in [6, 6.07) is 10.8. The highest BCUT2D eigenvalue weighted by molar-refractivity contribution is 5.78. The Morgan fingerprint density at radius 2 is 2.16 bits per heavy atom. The van der Waals surface area contributed by atoms with Gasteiger partial charge in [0.15, 0.2) is 0 Å². The van der Waals surface area contributed by atoms with Crippen molar-refractivity contribution in [1.82, 2.24) is 9.55 Å². The molecule has 2 aromatic heterocycles. The minimum atomic E-state index is -0.486. The molecule has 1 atom stereocenters. The van der Waals surface area contributed by atoms with Crippen molar-refractivity contribution in [3.63, 3.8) is 0 Å². The minimum Gasteiger partial charge on any atom is -0.490 e. The van der Waals surface area contributed by atoms with E-state index in [2.05, 4.69) is 11.1 Å². The van der Waals surface area contributed by atoms with E-state index in [4.69, 9.17) is 10.00 Å². The molecule has 0 unspecified atom stereocenters. The van der Waals surface area contributed by atoms with E-state index in [1.165, 1.54) is 6.07 Å². The SMILES string of the molecule is C[C@H]1Cc2cc(Cn3ccc4[nH]c(=O)c(C#N)cc4c3=O)ccc2O1. The summed E-state index contributed by atoms with van der Waals surface area (Å²) in [6.45, 7) is 2.44. The van der Waals surface area contributed by atoms with Crippen LogP contribution < -0.4 is 15.9 Å². The maximum atomic E-state index is 12.7. The molecule has 4 rings (SSSR count). The predicted octanol–water partition coefficient (Wildman–Crippen LogP) is 1.93. The summed E-state index contributed by atoms with van der Waals surface area (Å²) in [5.74, 6) is 0.901. The van der Waals surface area contributed by atoms with E-state index >= 15 is 0 Å². The van der Waals surface area contributed by atoms with Crippen molar-refractivity contribution < 1.29 is 4.74 Å². The molecule has 1 aliphatic rings. The standard InChI is InChI=1S/C19H15N3O3/c1-11-6-13-7-12(2-3-17(13)25-11)10-22-5-4-16-15(19(22)24)8-14(9-20)18(23)21-16/h2-5,7-8,11H,6,10H2,1H3,(H,21,23)/t11-/m0/s1. The van der Waals surface area contributed by atoms with Crippen LogP contribution in [0.5, 0.6) is 5.75 Å². The second-order valence-corrected chi connectivity index (χ2v) is 6.27. The van der Waals surface area contributed by atoms with Gasteiger partial charge in [-0.25, -0.2) is 0 Å². The molecular formula is C19H15N3O3. The smallest absolute Gasteiger partial charge is 0.266 e. The molecule has 124 valence electrons. The van der Waals surface area contributed by atoms with Crippen LogP contribution >= 0.6 is 0 Å². The van der Waals surface area contributed by atoms with E-state index in [-0.39, 0.29) is 17.2 Å². The van der Waals surface area contributed by atoms with Gasteiger partial charge in [-0.2, -0.15) is 5.26 Å². The van der Waals surface area contributed by atoms with Crippen molar-refractivity contribution in [2.45, 2.75) is 26.0 Å². The summed E-state index contributed by atoms with van der Waals surface area (Å²) < 4.78 is 7.27. The van der Waals surface area contributed by atoms with Crippen molar-refractivity contribution in [2.75, 3.05) is 0 Å². The number of H-pyrrole nitrogens is 1. The minimum absolute atomic E-state index is 0.0639. The Morgan fingerprint density at radius 1 is 1.32 bits per heavy atom. The van der Waals surface area contributed by atoms with Gasteiger partial charge in [-0.1, -0.05) is 12.1 Å². The van der Waals surface area contributed by atoms with Crippen molar-refractivity contribution in [3.8, 4) is 11.8 Å². The van der Waals surface area contributed by atoms with Crippen LogP contribution in [-0.2, 0) is 13.0 Å². The molecule has 0 fully saturated rings. The number of nitrogens with zero attached hydrogens (tertiary/aromatic N) is 2. The molecule has 1 aliphatic heterocycles. The highest BCUT2D eigenvalue weighted by atomic mass is 16.5. The number of nitrogens with one attached hydrogen (secondary N) is 1. The van der Waals surface area contributed by atoms with Gasteiger partial charge in [0, 0.05) is 12.6 Å². The number of hydrogen-bond acceptors (Lipinski definition) is 4. The van der Waals surface area contributed by atoms with Gasteiger partial charge in [-0.3, -0.25) is 9.59 Å². The molecule has 1 aromatic carbocycles. The van der Waals surface area contributed by atoms with Gasteiger partial charge < -0.3 is 14.3 Å². The van der Waals surface area contributed by atoms with Crippen LogP contribution in [0.4, 0.5) is 0 Å². The first-order valence-electron chi connectivity index (χ1n) is 8.00.